The van der Waals surface area contributed by atoms with Gasteiger partial charge < -0.3 is 10.1 Å². The second-order valence-electron chi connectivity index (χ2n) is 3.64. The Morgan fingerprint density at radius 1 is 1.50 bits per heavy atom. The fourth-order valence-corrected chi connectivity index (χ4v) is 2.34. The number of aromatic nitrogens is 1. The van der Waals surface area contributed by atoms with Gasteiger partial charge in [-0.15, -0.1) is 11.3 Å². The molecule has 0 aliphatic carbocycles. The number of nitrogens with one attached hydrogen (secondary N) is 1. The molecule has 0 atom stereocenters. The number of methoxy groups -OCH3 is 1. The van der Waals surface area contributed by atoms with Gasteiger partial charge in [0.2, 0.25) is 0 Å². The number of ether oxygens (including phenoxy) is 1. The van der Waals surface area contributed by atoms with Gasteiger partial charge in [-0.3, -0.25) is 0 Å². The number of nitrogens with zero attached hydrogens (tertiary/aromatic N) is 1. The Kier molecular flexibility index (Phi) is 3.84. The van der Waals surface area contributed by atoms with Crippen LogP contribution in [0.25, 0.3) is 0 Å². The van der Waals surface area contributed by atoms with Crippen molar-refractivity contribution in [2.45, 2.75) is 6.92 Å². The molecule has 18 heavy (non-hydrogen) atoms. The minimum atomic E-state index is -0.450. The molecule has 0 spiro atoms. The van der Waals surface area contributed by atoms with Crippen LogP contribution < -0.4 is 5.32 Å². The van der Waals surface area contributed by atoms with Crippen LogP contribution in [0, 0.1) is 6.92 Å². The quantitative estimate of drug-likeness (QED) is 0.873. The number of carbonyl (C=O) groups excluding carboxylic acids is 1. The number of anilines is 2. The lowest BCUT2D eigenvalue weighted by atomic mass is 10.2. The van der Waals surface area contributed by atoms with Crippen molar-refractivity contribution in [2.75, 3.05) is 12.4 Å². The van der Waals surface area contributed by atoms with E-state index in [-0.39, 0.29) is 5.69 Å². The minimum Gasteiger partial charge on any atom is -0.464 e. The van der Waals surface area contributed by atoms with Gasteiger partial charge in [0.15, 0.2) is 10.8 Å². The van der Waals surface area contributed by atoms with E-state index in [1.54, 1.807) is 5.38 Å². The van der Waals surface area contributed by atoms with E-state index < -0.39 is 5.97 Å². The maximum absolute atomic E-state index is 11.3. The van der Waals surface area contributed by atoms with E-state index in [0.717, 1.165) is 11.3 Å². The normalized spacial score (nSPS) is 10.2. The molecule has 0 bridgehead atoms. The van der Waals surface area contributed by atoms with Crippen LogP contribution in [-0.2, 0) is 4.74 Å². The lowest BCUT2D eigenvalue weighted by Crippen LogP contribution is -2.01. The Labute approximate surface area is 114 Å². The molecule has 1 aromatic carbocycles. The summed E-state index contributed by atoms with van der Waals surface area (Å²) in [6.07, 6.45) is 0. The van der Waals surface area contributed by atoms with E-state index in [1.165, 1.54) is 18.4 Å². The minimum absolute atomic E-state index is 0.285. The summed E-state index contributed by atoms with van der Waals surface area (Å²) >= 11 is 7.42. The second-order valence-corrected chi connectivity index (χ2v) is 4.90. The molecule has 0 fully saturated rings. The van der Waals surface area contributed by atoms with Crippen molar-refractivity contribution in [1.29, 1.82) is 0 Å². The number of hydrogen-bond acceptors (Lipinski definition) is 5. The van der Waals surface area contributed by atoms with E-state index in [1.807, 2.05) is 25.1 Å². The van der Waals surface area contributed by atoms with Gasteiger partial charge in [-0.05, 0) is 24.6 Å². The summed E-state index contributed by atoms with van der Waals surface area (Å²) < 4.78 is 4.59. The monoisotopic (exact) mass is 282 g/mol. The van der Waals surface area contributed by atoms with Crippen LogP contribution >= 0.6 is 22.9 Å². The van der Waals surface area contributed by atoms with Crippen molar-refractivity contribution in [2.24, 2.45) is 0 Å². The largest absolute Gasteiger partial charge is 0.464 e. The van der Waals surface area contributed by atoms with E-state index >= 15 is 0 Å². The molecule has 2 rings (SSSR count). The molecule has 0 radical (unpaired) electrons. The Bertz CT molecular complexity index is 583. The number of carbonyl (C=O) groups is 1. The van der Waals surface area contributed by atoms with Crippen LogP contribution in [0.3, 0.4) is 0 Å². The van der Waals surface area contributed by atoms with Crippen LogP contribution in [-0.4, -0.2) is 18.1 Å². The van der Waals surface area contributed by atoms with Gasteiger partial charge in [-0.1, -0.05) is 17.7 Å². The number of hydrogen-bond donors (Lipinski definition) is 1. The number of esters is 1. The smallest absolute Gasteiger partial charge is 0.357 e. The molecule has 2 aromatic rings. The van der Waals surface area contributed by atoms with Crippen LogP contribution in [0.5, 0.6) is 0 Å². The Morgan fingerprint density at radius 3 is 2.94 bits per heavy atom. The summed E-state index contributed by atoms with van der Waals surface area (Å²) in [6, 6.07) is 5.68. The lowest BCUT2D eigenvalue weighted by Gasteiger charge is -2.05. The first-order valence-electron chi connectivity index (χ1n) is 5.17. The molecular formula is C12H11ClN2O2S. The first-order valence-corrected chi connectivity index (χ1v) is 6.43. The van der Waals surface area contributed by atoms with Gasteiger partial charge >= 0.3 is 5.97 Å². The van der Waals surface area contributed by atoms with Crippen LogP contribution in [0.4, 0.5) is 10.8 Å². The molecule has 6 heteroatoms. The highest BCUT2D eigenvalue weighted by molar-refractivity contribution is 7.14. The third-order valence-corrected chi connectivity index (χ3v) is 3.34. The maximum atomic E-state index is 11.3. The van der Waals surface area contributed by atoms with Crippen molar-refractivity contribution in [1.82, 2.24) is 4.98 Å². The van der Waals surface area contributed by atoms with E-state index in [9.17, 15) is 4.79 Å². The number of thiazole rings is 1. The standard InChI is InChI=1S/C12H11ClN2O2S/c1-7-3-4-9(8(13)5-7)14-12-15-10(6-18-12)11(16)17-2/h3-6H,1-2H3,(H,14,15). The Hall–Kier alpha value is -1.59. The molecule has 0 amide bonds. The summed E-state index contributed by atoms with van der Waals surface area (Å²) in [6.45, 7) is 1.97. The number of rotatable bonds is 3. The molecule has 4 nitrogen and oxygen atoms in total. The average molecular weight is 283 g/mol. The predicted octanol–water partition coefficient (Wildman–Crippen LogP) is 3.64. The topological polar surface area (TPSA) is 51.2 Å². The SMILES string of the molecule is COC(=O)c1csc(Nc2ccc(C)cc2Cl)n1. The Balaban J connectivity index is 2.18. The zero-order valence-corrected chi connectivity index (χ0v) is 11.4. The highest BCUT2D eigenvalue weighted by atomic mass is 35.5. The van der Waals surface area contributed by atoms with Gasteiger partial charge in [-0.25, -0.2) is 9.78 Å². The summed E-state index contributed by atoms with van der Waals surface area (Å²) in [7, 11) is 1.33. The summed E-state index contributed by atoms with van der Waals surface area (Å²) in [5.74, 6) is -0.450. The molecule has 1 N–H and O–H groups in total. The lowest BCUT2D eigenvalue weighted by molar-refractivity contribution is 0.0595. The molecular weight excluding hydrogens is 272 g/mol. The van der Waals surface area contributed by atoms with Crippen LogP contribution in [0.15, 0.2) is 23.6 Å². The molecule has 1 aromatic heterocycles. The summed E-state index contributed by atoms with van der Waals surface area (Å²) in [5.41, 5.74) is 2.13. The van der Waals surface area contributed by atoms with Gasteiger partial charge in [0.25, 0.3) is 0 Å². The first kappa shape index (κ1) is 12.9. The fraction of sp³-hybridized carbons (Fsp3) is 0.167. The maximum Gasteiger partial charge on any atom is 0.357 e. The molecule has 0 saturated carbocycles. The number of benzene rings is 1. The van der Waals surface area contributed by atoms with Gasteiger partial charge in [0.05, 0.1) is 17.8 Å². The fourth-order valence-electron chi connectivity index (χ4n) is 1.37. The summed E-state index contributed by atoms with van der Waals surface area (Å²) in [4.78, 5) is 15.4. The number of aryl methyl sites for hydroxylation is 1. The van der Waals surface area contributed by atoms with E-state index in [0.29, 0.717) is 10.2 Å². The van der Waals surface area contributed by atoms with E-state index in [2.05, 4.69) is 15.0 Å². The van der Waals surface area contributed by atoms with Crippen molar-refractivity contribution >= 4 is 39.7 Å². The third-order valence-electron chi connectivity index (χ3n) is 2.26. The van der Waals surface area contributed by atoms with Gasteiger partial charge in [-0.2, -0.15) is 0 Å². The zero-order chi connectivity index (χ0) is 13.1. The zero-order valence-electron chi connectivity index (χ0n) is 9.86. The van der Waals surface area contributed by atoms with Crippen molar-refractivity contribution in [3.63, 3.8) is 0 Å². The van der Waals surface area contributed by atoms with Crippen LogP contribution in [0.2, 0.25) is 5.02 Å². The van der Waals surface area contributed by atoms with Gasteiger partial charge in [0.1, 0.15) is 0 Å². The average Bonchev–Trinajstić information content (AvgIpc) is 2.80. The molecule has 0 unspecified atom stereocenters. The Morgan fingerprint density at radius 2 is 2.28 bits per heavy atom. The third kappa shape index (κ3) is 2.80. The van der Waals surface area contributed by atoms with Gasteiger partial charge in [0, 0.05) is 5.38 Å². The van der Waals surface area contributed by atoms with Crippen LogP contribution in [0.1, 0.15) is 16.1 Å². The van der Waals surface area contributed by atoms with Crippen molar-refractivity contribution < 1.29 is 9.53 Å². The van der Waals surface area contributed by atoms with E-state index in [4.69, 9.17) is 11.6 Å². The highest BCUT2D eigenvalue weighted by Crippen LogP contribution is 2.28. The molecule has 0 aliphatic heterocycles. The molecule has 0 saturated heterocycles. The molecule has 1 heterocycles. The number of halogens is 1. The highest BCUT2D eigenvalue weighted by Gasteiger charge is 2.11. The predicted molar refractivity (Wildman–Crippen MR) is 72.9 cm³/mol. The molecule has 0 aliphatic rings. The first-order chi connectivity index (χ1) is 8.60. The van der Waals surface area contributed by atoms with Crippen molar-refractivity contribution in [3.8, 4) is 0 Å². The summed E-state index contributed by atoms with van der Waals surface area (Å²) in [5, 5.41) is 5.92. The molecule has 94 valence electrons. The van der Waals surface area contributed by atoms with Crippen molar-refractivity contribution in [3.05, 3.63) is 39.9 Å². The second kappa shape index (κ2) is 5.37.